The Morgan fingerprint density at radius 3 is 1.91 bits per heavy atom. The number of carbonyl (C=O) groups is 1. The van der Waals surface area contributed by atoms with Crippen LogP contribution in [0.1, 0.15) is 75.2 Å². The van der Waals surface area contributed by atoms with Gasteiger partial charge in [0, 0.05) is 78.4 Å². The Kier molecular flexibility index (Phi) is 16.9. The van der Waals surface area contributed by atoms with Gasteiger partial charge in [-0.1, -0.05) is 11.8 Å². The van der Waals surface area contributed by atoms with Crippen molar-refractivity contribution in [2.75, 3.05) is 38.7 Å². The van der Waals surface area contributed by atoms with Crippen LogP contribution in [-0.2, 0) is 18.8 Å². The molecule has 0 aromatic heterocycles. The number of nitrogens with zero attached hydrogens (tertiary/aromatic N) is 3. The average molecular weight is 634 g/mol. The molecule has 7 nitrogen and oxygen atoms in total. The number of piperidine rings is 1. The van der Waals surface area contributed by atoms with Gasteiger partial charge in [0.15, 0.2) is 19.9 Å². The molecule has 0 amide bonds. The van der Waals surface area contributed by atoms with E-state index in [1.165, 1.54) is 11.8 Å². The highest BCUT2D eigenvalue weighted by Crippen LogP contribution is 2.50. The van der Waals surface area contributed by atoms with Gasteiger partial charge in [0.05, 0.1) is 6.61 Å². The molecule has 0 aliphatic carbocycles. The van der Waals surface area contributed by atoms with Gasteiger partial charge >= 0.3 is 0 Å². The molecule has 34 heavy (non-hydrogen) atoms. The predicted octanol–water partition coefficient (Wildman–Crippen LogP) is 6.17. The second-order valence-electron chi connectivity index (χ2n) is 9.79. The number of hydrogen-bond acceptors (Lipinski definition) is 8. The first-order valence-corrected chi connectivity index (χ1v) is 15.9. The number of ether oxygens (including phenoxy) is 2. The van der Waals surface area contributed by atoms with E-state index < -0.39 is 14.7 Å². The summed E-state index contributed by atoms with van der Waals surface area (Å²) < 4.78 is 25.7. The van der Waals surface area contributed by atoms with Gasteiger partial charge in [0.2, 0.25) is 0 Å². The normalized spacial score (nSPS) is 17.4. The van der Waals surface area contributed by atoms with Gasteiger partial charge in [-0.2, -0.15) is 0 Å². The van der Waals surface area contributed by atoms with E-state index >= 15 is 0 Å². The maximum atomic E-state index is 12.5. The molecule has 1 saturated heterocycles. The number of rotatable bonds is 16. The van der Waals surface area contributed by atoms with Crippen molar-refractivity contribution in [2.24, 2.45) is 5.92 Å². The summed E-state index contributed by atoms with van der Waals surface area (Å²) >= 11 is 3.74. The van der Waals surface area contributed by atoms with Crippen LogP contribution in [0, 0.1) is 5.92 Å². The van der Waals surface area contributed by atoms with E-state index in [2.05, 4.69) is 90.7 Å². The maximum absolute atomic E-state index is 12.5. The van der Waals surface area contributed by atoms with E-state index in [1.54, 1.807) is 0 Å². The second-order valence-corrected chi connectivity index (χ2v) is 13.9. The summed E-state index contributed by atoms with van der Waals surface area (Å²) in [6, 6.07) is 1.44. The molecule has 1 heterocycles. The van der Waals surface area contributed by atoms with Gasteiger partial charge in [-0.15, -0.1) is 0 Å². The minimum absolute atomic E-state index is 0.182. The van der Waals surface area contributed by atoms with Crippen LogP contribution >= 0.6 is 43.1 Å². The highest BCUT2D eigenvalue weighted by Gasteiger charge is 2.35. The van der Waals surface area contributed by atoms with Gasteiger partial charge in [0.1, 0.15) is 6.61 Å². The standard InChI is InChI=1S/C24H49IN3O4PS/c1-10-30-23(31-15-16-34-24(29)22-11-13-26(25)14-12-22)17-32-33(27(18(2)3)19(4)5)28(20(6)7)21(8)9/h18-23H,10-17H2,1-9H3. The van der Waals surface area contributed by atoms with E-state index in [4.69, 9.17) is 14.0 Å². The Morgan fingerprint density at radius 2 is 1.47 bits per heavy atom. The molecule has 0 aromatic carbocycles. The van der Waals surface area contributed by atoms with Gasteiger partial charge < -0.3 is 14.0 Å². The van der Waals surface area contributed by atoms with Crippen molar-refractivity contribution < 1.29 is 18.8 Å². The fourth-order valence-electron chi connectivity index (χ4n) is 4.22. The van der Waals surface area contributed by atoms with E-state index in [1.807, 2.05) is 6.92 Å². The van der Waals surface area contributed by atoms with Crippen molar-refractivity contribution in [1.82, 2.24) is 12.5 Å². The van der Waals surface area contributed by atoms with E-state index in [0.717, 1.165) is 25.9 Å². The lowest BCUT2D eigenvalue weighted by Gasteiger charge is -2.45. The first kappa shape index (κ1) is 33.0. The molecule has 0 N–H and O–H groups in total. The zero-order valence-electron chi connectivity index (χ0n) is 22.8. The molecule has 1 fully saturated rings. The highest BCUT2D eigenvalue weighted by atomic mass is 127. The van der Waals surface area contributed by atoms with Crippen molar-refractivity contribution in [3.8, 4) is 0 Å². The van der Waals surface area contributed by atoms with Gasteiger partial charge in [0.25, 0.3) is 0 Å². The molecule has 10 heteroatoms. The lowest BCUT2D eigenvalue weighted by atomic mass is 10.0. The lowest BCUT2D eigenvalue weighted by molar-refractivity contribution is -0.152. The summed E-state index contributed by atoms with van der Waals surface area (Å²) in [6.07, 6.45) is 1.48. The Hall–Kier alpha value is 0.940. The zero-order chi connectivity index (χ0) is 25.8. The van der Waals surface area contributed by atoms with Crippen LogP contribution < -0.4 is 0 Å². The summed E-state index contributed by atoms with van der Waals surface area (Å²) in [7, 11) is -0.987. The molecule has 0 radical (unpaired) electrons. The quantitative estimate of drug-likeness (QED) is 0.0658. The fraction of sp³-hybridized carbons (Fsp3) is 0.958. The van der Waals surface area contributed by atoms with E-state index in [9.17, 15) is 4.79 Å². The topological polar surface area (TPSA) is 54.5 Å². The average Bonchev–Trinajstić information content (AvgIpc) is 2.73. The molecule has 1 unspecified atom stereocenters. The van der Waals surface area contributed by atoms with Crippen molar-refractivity contribution in [2.45, 2.75) is 106 Å². The zero-order valence-corrected chi connectivity index (χ0v) is 26.7. The first-order valence-electron chi connectivity index (χ1n) is 12.8. The van der Waals surface area contributed by atoms with Crippen LogP contribution in [0.3, 0.4) is 0 Å². The molecule has 0 spiro atoms. The minimum atomic E-state index is -0.987. The van der Waals surface area contributed by atoms with Gasteiger partial charge in [-0.25, -0.2) is 12.5 Å². The number of halogens is 1. The summed E-state index contributed by atoms with van der Waals surface area (Å²) in [4.78, 5) is 12.5. The van der Waals surface area contributed by atoms with Crippen molar-refractivity contribution in [3.05, 3.63) is 0 Å². The van der Waals surface area contributed by atoms with Crippen LogP contribution in [0.25, 0.3) is 0 Å². The molecule has 202 valence electrons. The maximum Gasteiger partial charge on any atom is 0.192 e. The number of thioether (sulfide) groups is 1. The van der Waals surface area contributed by atoms with Gasteiger partial charge in [-0.05, 0) is 75.2 Å². The summed E-state index contributed by atoms with van der Waals surface area (Å²) in [5, 5.41) is 0.301. The fourth-order valence-corrected chi connectivity index (χ4v) is 7.97. The van der Waals surface area contributed by atoms with Crippen LogP contribution in [-0.4, -0.2) is 86.7 Å². The van der Waals surface area contributed by atoms with Crippen LogP contribution in [0.5, 0.6) is 0 Å². The molecule has 1 atom stereocenters. The molecular formula is C24H49IN3O4PS. The minimum Gasteiger partial charge on any atom is -0.351 e. The van der Waals surface area contributed by atoms with Crippen LogP contribution in [0.4, 0.5) is 0 Å². The second kappa shape index (κ2) is 17.4. The van der Waals surface area contributed by atoms with Crippen molar-refractivity contribution in [3.63, 3.8) is 0 Å². The van der Waals surface area contributed by atoms with Crippen molar-refractivity contribution in [1.29, 1.82) is 0 Å². The SMILES string of the molecule is CCOC(COP(N(C(C)C)C(C)C)N(C(C)C)C(C)C)OCCSC(=O)C1CCN(I)CC1. The summed E-state index contributed by atoms with van der Waals surface area (Å²) in [6.45, 7) is 23.2. The third kappa shape index (κ3) is 11.5. The Bertz CT molecular complexity index is 530. The predicted molar refractivity (Wildman–Crippen MR) is 154 cm³/mol. The number of carbonyl (C=O) groups excluding carboxylic acids is 1. The van der Waals surface area contributed by atoms with E-state index in [-0.39, 0.29) is 5.92 Å². The lowest BCUT2D eigenvalue weighted by Crippen LogP contribution is -2.44. The monoisotopic (exact) mass is 633 g/mol. The molecule has 1 aliphatic rings. The van der Waals surface area contributed by atoms with E-state index in [0.29, 0.717) is 54.9 Å². The van der Waals surface area contributed by atoms with Crippen LogP contribution in [0.15, 0.2) is 0 Å². The molecule has 1 rings (SSSR count). The first-order chi connectivity index (χ1) is 16.0. The van der Waals surface area contributed by atoms with Crippen molar-refractivity contribution >= 4 is 48.2 Å². The number of hydrogen-bond donors (Lipinski definition) is 0. The molecule has 0 bridgehead atoms. The Labute approximate surface area is 228 Å². The highest BCUT2D eigenvalue weighted by molar-refractivity contribution is 14.1. The third-order valence-corrected chi connectivity index (χ3v) is 10.6. The Balaban J connectivity index is 2.68. The molecule has 1 aliphatic heterocycles. The van der Waals surface area contributed by atoms with Gasteiger partial charge in [-0.3, -0.25) is 4.79 Å². The third-order valence-electron chi connectivity index (χ3n) is 5.60. The molecular weight excluding hydrogens is 584 g/mol. The molecule has 0 saturated carbocycles. The summed E-state index contributed by atoms with van der Waals surface area (Å²) in [5.41, 5.74) is 0. The smallest absolute Gasteiger partial charge is 0.192 e. The van der Waals surface area contributed by atoms with Crippen LogP contribution in [0.2, 0.25) is 0 Å². The summed E-state index contributed by atoms with van der Waals surface area (Å²) in [5.74, 6) is 0.831. The largest absolute Gasteiger partial charge is 0.351 e. The molecule has 0 aromatic rings. The Morgan fingerprint density at radius 1 is 0.971 bits per heavy atom.